The van der Waals surface area contributed by atoms with Crippen molar-refractivity contribution in [3.05, 3.63) is 109 Å². The fourth-order valence-electron chi connectivity index (χ4n) is 8.75. The molecule has 0 saturated carbocycles. The van der Waals surface area contributed by atoms with E-state index >= 15 is 0 Å². The minimum Gasteiger partial charge on any atom is -0.462 e. The van der Waals surface area contributed by atoms with Crippen LogP contribution in [0.4, 0.5) is 0 Å². The van der Waals surface area contributed by atoms with Gasteiger partial charge in [0.05, 0.1) is 0 Å². The fourth-order valence-corrected chi connectivity index (χ4v) is 8.75. The second kappa shape index (κ2) is 63.6. The molecule has 1 unspecified atom stereocenters. The fraction of sp³-hybridized carbons (Fsp3) is 0.700. The Morgan fingerprint density at radius 1 is 0.276 bits per heavy atom. The highest BCUT2D eigenvalue weighted by Crippen LogP contribution is 2.16. The smallest absolute Gasteiger partial charge is 0.306 e. The summed E-state index contributed by atoms with van der Waals surface area (Å²) in [5.41, 5.74) is 0. The lowest BCUT2D eigenvalue weighted by Gasteiger charge is -2.18. The maximum absolute atomic E-state index is 12.8. The molecule has 1 atom stereocenters. The van der Waals surface area contributed by atoms with Gasteiger partial charge < -0.3 is 14.2 Å². The molecule has 0 amide bonds. The zero-order valence-corrected chi connectivity index (χ0v) is 49.7. The summed E-state index contributed by atoms with van der Waals surface area (Å²) in [7, 11) is 0. The second-order valence-electron chi connectivity index (χ2n) is 20.9. The molecule has 0 fully saturated rings. The summed E-state index contributed by atoms with van der Waals surface area (Å²) in [5, 5.41) is 0. The number of esters is 3. The average Bonchev–Trinajstić information content (AvgIpc) is 3.42. The van der Waals surface area contributed by atoms with E-state index in [4.69, 9.17) is 14.2 Å². The van der Waals surface area contributed by atoms with Crippen molar-refractivity contribution in [2.24, 2.45) is 0 Å². The third-order valence-corrected chi connectivity index (χ3v) is 13.5. The van der Waals surface area contributed by atoms with Gasteiger partial charge >= 0.3 is 17.9 Å². The number of hydrogen-bond donors (Lipinski definition) is 0. The molecule has 0 aliphatic heterocycles. The van der Waals surface area contributed by atoms with Crippen molar-refractivity contribution < 1.29 is 28.6 Å². The first kappa shape index (κ1) is 72.1. The summed E-state index contributed by atoms with van der Waals surface area (Å²) in [6.45, 7) is 6.46. The molecule has 6 nitrogen and oxygen atoms in total. The molecule has 0 rings (SSSR count). The van der Waals surface area contributed by atoms with Crippen LogP contribution in [0.2, 0.25) is 0 Å². The van der Waals surface area contributed by atoms with E-state index in [0.29, 0.717) is 19.3 Å². The molecular weight excluding hydrogens is 937 g/mol. The van der Waals surface area contributed by atoms with Crippen molar-refractivity contribution in [2.75, 3.05) is 13.2 Å². The van der Waals surface area contributed by atoms with Crippen LogP contribution < -0.4 is 0 Å². The minimum atomic E-state index is -0.782. The Morgan fingerprint density at radius 3 is 0.816 bits per heavy atom. The number of ether oxygens (including phenoxy) is 3. The van der Waals surface area contributed by atoms with Crippen LogP contribution in [0, 0.1) is 0 Å². The van der Waals surface area contributed by atoms with Gasteiger partial charge in [-0.05, 0) is 109 Å². The van der Waals surface area contributed by atoms with E-state index in [9.17, 15) is 14.4 Å². The Morgan fingerprint density at radius 2 is 0.513 bits per heavy atom. The maximum atomic E-state index is 12.8. The van der Waals surface area contributed by atoms with E-state index in [1.165, 1.54) is 128 Å². The summed E-state index contributed by atoms with van der Waals surface area (Å²) < 4.78 is 16.8. The van der Waals surface area contributed by atoms with Crippen molar-refractivity contribution in [2.45, 2.75) is 303 Å². The van der Waals surface area contributed by atoms with E-state index in [0.717, 1.165) is 128 Å². The predicted octanol–water partition coefficient (Wildman–Crippen LogP) is 21.8. The van der Waals surface area contributed by atoms with Gasteiger partial charge in [-0.2, -0.15) is 0 Å². The van der Waals surface area contributed by atoms with Gasteiger partial charge in [-0.3, -0.25) is 14.4 Å². The summed E-state index contributed by atoms with van der Waals surface area (Å²) in [6.07, 6.45) is 87.0. The third kappa shape index (κ3) is 60.9. The SMILES string of the molecule is CC/C=C\C/C=C\C/C=C\C/C=C\C/C=C\C/C=C\C/C=C\CCCCCCCCCCCCCCCC(=O)OCC(COC(=O)CCCCCCCCC)OC(=O)CCCCCCC/C=C\C/C=C\CCCCCC. The average molecular weight is 1060 g/mol. The van der Waals surface area contributed by atoms with E-state index in [-0.39, 0.29) is 31.1 Å². The molecule has 0 saturated heterocycles. The van der Waals surface area contributed by atoms with E-state index in [1.807, 2.05) is 0 Å². The van der Waals surface area contributed by atoms with Crippen LogP contribution in [0.1, 0.15) is 297 Å². The third-order valence-electron chi connectivity index (χ3n) is 13.5. The second-order valence-corrected chi connectivity index (χ2v) is 20.9. The molecular formula is C70H118O6. The van der Waals surface area contributed by atoms with Gasteiger partial charge in [-0.1, -0.05) is 278 Å². The lowest BCUT2D eigenvalue weighted by atomic mass is 10.0. The van der Waals surface area contributed by atoms with Gasteiger partial charge in [0.1, 0.15) is 13.2 Å². The Bertz CT molecular complexity index is 1540. The van der Waals surface area contributed by atoms with E-state index in [2.05, 4.69) is 130 Å². The highest BCUT2D eigenvalue weighted by atomic mass is 16.6. The van der Waals surface area contributed by atoms with Crippen LogP contribution in [-0.4, -0.2) is 37.2 Å². The van der Waals surface area contributed by atoms with Gasteiger partial charge in [0.15, 0.2) is 6.10 Å². The van der Waals surface area contributed by atoms with Gasteiger partial charge in [-0.25, -0.2) is 0 Å². The standard InChI is InChI=1S/C70H118O6/c1-4-7-10-13-16-18-20-22-24-26-27-28-29-30-31-32-33-34-35-36-37-38-39-40-41-42-43-44-46-47-49-51-54-57-60-63-69(72)75-66-67(65-74-68(71)62-59-56-53-15-12-9-6-3)76-70(73)64-61-58-55-52-50-48-45-25-23-21-19-17-14-11-8-5-2/h7,10,16,18-19,21-22,24-25,27-28,30-31,33-34,36-37,45,67H,4-6,8-9,11-15,17,20,23,26,29,32,35,38-44,46-66H2,1-3H3/b10-7-,18-16-,21-19-,24-22-,28-27-,31-30-,34-33-,37-36-,45-25-. The lowest BCUT2D eigenvalue weighted by Crippen LogP contribution is -2.30. The highest BCUT2D eigenvalue weighted by Gasteiger charge is 2.19. The van der Waals surface area contributed by atoms with Crippen LogP contribution >= 0.6 is 0 Å². The molecule has 0 bridgehead atoms. The van der Waals surface area contributed by atoms with Crippen molar-refractivity contribution in [3.63, 3.8) is 0 Å². The number of allylic oxidation sites excluding steroid dienone is 18. The normalized spacial score (nSPS) is 12.8. The minimum absolute atomic E-state index is 0.0816. The first-order valence-electron chi connectivity index (χ1n) is 31.9. The Hall–Kier alpha value is -3.93. The van der Waals surface area contributed by atoms with Crippen LogP contribution in [0.15, 0.2) is 109 Å². The number of unbranched alkanes of at least 4 members (excludes halogenated alkanes) is 28. The zero-order valence-electron chi connectivity index (χ0n) is 49.7. The van der Waals surface area contributed by atoms with Crippen LogP contribution in [-0.2, 0) is 28.6 Å². The number of hydrogen-bond acceptors (Lipinski definition) is 6. The molecule has 0 aromatic carbocycles. The zero-order chi connectivity index (χ0) is 55.0. The predicted molar refractivity (Wildman–Crippen MR) is 330 cm³/mol. The number of carbonyl (C=O) groups excluding carboxylic acids is 3. The van der Waals surface area contributed by atoms with Crippen LogP contribution in [0.25, 0.3) is 0 Å². The maximum Gasteiger partial charge on any atom is 0.306 e. The van der Waals surface area contributed by atoms with E-state index in [1.54, 1.807) is 0 Å². The number of rotatable bonds is 57. The monoisotopic (exact) mass is 1050 g/mol. The quantitative estimate of drug-likeness (QED) is 0.0261. The topological polar surface area (TPSA) is 78.9 Å². The van der Waals surface area contributed by atoms with Gasteiger partial charge in [0.2, 0.25) is 0 Å². The molecule has 0 aliphatic rings. The largest absolute Gasteiger partial charge is 0.462 e. The van der Waals surface area contributed by atoms with Gasteiger partial charge in [-0.15, -0.1) is 0 Å². The highest BCUT2D eigenvalue weighted by molar-refractivity contribution is 5.71. The van der Waals surface area contributed by atoms with Crippen molar-refractivity contribution >= 4 is 17.9 Å². The molecule has 0 aliphatic carbocycles. The molecule has 0 heterocycles. The van der Waals surface area contributed by atoms with Crippen molar-refractivity contribution in [3.8, 4) is 0 Å². The van der Waals surface area contributed by atoms with Gasteiger partial charge in [0, 0.05) is 19.3 Å². The lowest BCUT2D eigenvalue weighted by molar-refractivity contribution is -0.167. The molecule has 0 N–H and O–H groups in total. The Kier molecular flexibility index (Phi) is 60.3. The molecule has 0 aromatic rings. The molecule has 0 spiro atoms. The van der Waals surface area contributed by atoms with Crippen LogP contribution in [0.5, 0.6) is 0 Å². The summed E-state index contributed by atoms with van der Waals surface area (Å²) in [6, 6.07) is 0. The first-order valence-corrected chi connectivity index (χ1v) is 31.9. The molecule has 434 valence electrons. The van der Waals surface area contributed by atoms with Crippen LogP contribution in [0.3, 0.4) is 0 Å². The van der Waals surface area contributed by atoms with Gasteiger partial charge in [0.25, 0.3) is 0 Å². The Balaban J connectivity index is 4.06. The van der Waals surface area contributed by atoms with Crippen molar-refractivity contribution in [1.82, 2.24) is 0 Å². The molecule has 76 heavy (non-hydrogen) atoms. The molecule has 0 aromatic heterocycles. The summed E-state index contributed by atoms with van der Waals surface area (Å²) in [4.78, 5) is 38.0. The Labute approximate surface area is 470 Å². The summed E-state index contributed by atoms with van der Waals surface area (Å²) >= 11 is 0. The van der Waals surface area contributed by atoms with E-state index < -0.39 is 6.10 Å². The number of carbonyl (C=O) groups is 3. The molecule has 6 heteroatoms. The first-order chi connectivity index (χ1) is 37.5. The van der Waals surface area contributed by atoms with Crippen molar-refractivity contribution in [1.29, 1.82) is 0 Å². The molecule has 0 radical (unpaired) electrons. The summed E-state index contributed by atoms with van der Waals surface area (Å²) in [5.74, 6) is -0.898.